The maximum atomic E-state index is 4.73. The molecule has 0 spiro atoms. The number of fused-ring (bicyclic) bond motifs is 2. The first-order valence-corrected chi connectivity index (χ1v) is 14.0. The van der Waals surface area contributed by atoms with Gasteiger partial charge in [-0.2, -0.15) is 5.10 Å². The Morgan fingerprint density at radius 1 is 0.842 bits per heavy atom. The molecule has 6 heterocycles. The van der Waals surface area contributed by atoms with Gasteiger partial charge >= 0.3 is 0 Å². The summed E-state index contributed by atoms with van der Waals surface area (Å²) in [6, 6.07) is 6.53. The smallest absolute Gasteiger partial charge is 0.116 e. The SMILES string of the molecule is c1ncc(-c2cc3c(-c4cc5c(N6CCCCC6)cncc5[nH]4)n[nH]c3cn2)cc1CNCC1CCCC1. The number of hydrogen-bond donors (Lipinski definition) is 3. The summed E-state index contributed by atoms with van der Waals surface area (Å²) >= 11 is 0. The molecular formula is C30H34N8. The van der Waals surface area contributed by atoms with Crippen molar-refractivity contribution in [2.24, 2.45) is 5.92 Å². The molecule has 194 valence electrons. The Balaban J connectivity index is 1.18. The highest BCUT2D eigenvalue weighted by molar-refractivity contribution is 6.00. The number of pyridine rings is 3. The van der Waals surface area contributed by atoms with Crippen LogP contribution < -0.4 is 10.2 Å². The summed E-state index contributed by atoms with van der Waals surface area (Å²) in [6.45, 7) is 4.10. The van der Waals surface area contributed by atoms with E-state index in [1.54, 1.807) is 0 Å². The Labute approximate surface area is 222 Å². The highest BCUT2D eigenvalue weighted by Gasteiger charge is 2.18. The molecule has 1 saturated heterocycles. The van der Waals surface area contributed by atoms with Crippen molar-refractivity contribution in [2.45, 2.75) is 51.5 Å². The van der Waals surface area contributed by atoms with Crippen molar-refractivity contribution in [3.05, 3.63) is 54.7 Å². The zero-order valence-electron chi connectivity index (χ0n) is 21.7. The zero-order chi connectivity index (χ0) is 25.3. The van der Waals surface area contributed by atoms with Crippen LogP contribution >= 0.6 is 0 Å². The van der Waals surface area contributed by atoms with Crippen molar-refractivity contribution in [1.82, 2.24) is 35.5 Å². The van der Waals surface area contributed by atoms with Crippen LogP contribution in [0.5, 0.6) is 0 Å². The lowest BCUT2D eigenvalue weighted by Crippen LogP contribution is -2.29. The summed E-state index contributed by atoms with van der Waals surface area (Å²) in [4.78, 5) is 19.8. The number of piperidine rings is 1. The van der Waals surface area contributed by atoms with E-state index in [1.165, 1.54) is 61.6 Å². The van der Waals surface area contributed by atoms with Crippen LogP contribution in [0.3, 0.4) is 0 Å². The van der Waals surface area contributed by atoms with Gasteiger partial charge in [0.1, 0.15) is 5.69 Å². The number of hydrogen-bond acceptors (Lipinski definition) is 6. The van der Waals surface area contributed by atoms with E-state index in [2.05, 4.69) is 53.6 Å². The highest BCUT2D eigenvalue weighted by Crippen LogP contribution is 2.34. The van der Waals surface area contributed by atoms with E-state index < -0.39 is 0 Å². The van der Waals surface area contributed by atoms with Crippen LogP contribution in [0.25, 0.3) is 44.5 Å². The highest BCUT2D eigenvalue weighted by atomic mass is 15.1. The van der Waals surface area contributed by atoms with Crippen LogP contribution in [-0.2, 0) is 6.54 Å². The molecule has 2 aliphatic rings. The fourth-order valence-corrected chi connectivity index (χ4v) is 6.19. The standard InChI is InChI=1S/C30H34N8/c1-4-8-38(9-5-1)29-19-33-17-27-23(29)11-26(35-27)30-24-12-25(34-18-28(24)36-37-30)22-10-21(15-32-16-22)14-31-13-20-6-2-3-7-20/h10-12,15-20,31,35H,1-9,13-14H2,(H,36,37). The summed E-state index contributed by atoms with van der Waals surface area (Å²) in [5.41, 5.74) is 8.14. The molecule has 5 aromatic heterocycles. The molecule has 0 radical (unpaired) electrons. The second-order valence-corrected chi connectivity index (χ2v) is 10.9. The summed E-state index contributed by atoms with van der Waals surface area (Å²) in [5.74, 6) is 0.825. The maximum absolute atomic E-state index is 4.73. The lowest BCUT2D eigenvalue weighted by atomic mass is 10.1. The number of H-pyrrole nitrogens is 2. The van der Waals surface area contributed by atoms with Crippen molar-refractivity contribution in [2.75, 3.05) is 24.5 Å². The van der Waals surface area contributed by atoms with E-state index in [0.29, 0.717) is 0 Å². The van der Waals surface area contributed by atoms with Gasteiger partial charge in [-0.3, -0.25) is 20.1 Å². The molecule has 0 aromatic carbocycles. The molecule has 2 fully saturated rings. The third-order valence-corrected chi connectivity index (χ3v) is 8.25. The van der Waals surface area contributed by atoms with Crippen molar-refractivity contribution >= 4 is 27.5 Å². The number of nitrogens with zero attached hydrogens (tertiary/aromatic N) is 5. The predicted octanol–water partition coefficient (Wildman–Crippen LogP) is 5.83. The minimum atomic E-state index is 0.825. The van der Waals surface area contributed by atoms with Gasteiger partial charge in [0.25, 0.3) is 0 Å². The normalized spacial score (nSPS) is 16.7. The van der Waals surface area contributed by atoms with Gasteiger partial charge in [0.2, 0.25) is 0 Å². The van der Waals surface area contributed by atoms with Crippen LogP contribution in [0.4, 0.5) is 5.69 Å². The molecule has 0 amide bonds. The Hall–Kier alpha value is -3.78. The van der Waals surface area contributed by atoms with Crippen LogP contribution in [-0.4, -0.2) is 49.8 Å². The summed E-state index contributed by atoms with van der Waals surface area (Å²) in [6.07, 6.45) is 18.9. The fraction of sp³-hybridized carbons (Fsp3) is 0.400. The second kappa shape index (κ2) is 10.2. The first-order valence-electron chi connectivity index (χ1n) is 14.0. The van der Waals surface area contributed by atoms with Gasteiger partial charge in [0.05, 0.1) is 46.7 Å². The van der Waals surface area contributed by atoms with Gasteiger partial charge in [-0.15, -0.1) is 0 Å². The molecule has 38 heavy (non-hydrogen) atoms. The second-order valence-electron chi connectivity index (χ2n) is 10.9. The van der Waals surface area contributed by atoms with Crippen molar-refractivity contribution in [1.29, 1.82) is 0 Å². The van der Waals surface area contributed by atoms with E-state index in [0.717, 1.165) is 71.2 Å². The molecule has 8 nitrogen and oxygen atoms in total. The molecule has 3 N–H and O–H groups in total. The van der Waals surface area contributed by atoms with E-state index in [1.807, 2.05) is 31.0 Å². The average Bonchev–Trinajstić information content (AvgIpc) is 3.73. The minimum Gasteiger partial charge on any atom is -0.370 e. The van der Waals surface area contributed by atoms with Crippen LogP contribution in [0, 0.1) is 5.92 Å². The van der Waals surface area contributed by atoms with Crippen molar-refractivity contribution < 1.29 is 0 Å². The predicted molar refractivity (Wildman–Crippen MR) is 152 cm³/mol. The summed E-state index contributed by atoms with van der Waals surface area (Å²) in [7, 11) is 0. The van der Waals surface area contributed by atoms with Crippen molar-refractivity contribution in [3.63, 3.8) is 0 Å². The summed E-state index contributed by atoms with van der Waals surface area (Å²) in [5, 5.41) is 13.7. The maximum Gasteiger partial charge on any atom is 0.116 e. The quantitative estimate of drug-likeness (QED) is 0.257. The first-order chi connectivity index (χ1) is 18.8. The van der Waals surface area contributed by atoms with Gasteiger partial charge in [-0.25, -0.2) is 0 Å². The van der Waals surface area contributed by atoms with E-state index in [4.69, 9.17) is 4.98 Å². The lowest BCUT2D eigenvalue weighted by molar-refractivity contribution is 0.489. The van der Waals surface area contributed by atoms with E-state index >= 15 is 0 Å². The van der Waals surface area contributed by atoms with Gasteiger partial charge in [0.15, 0.2) is 0 Å². The third kappa shape index (κ3) is 4.53. The van der Waals surface area contributed by atoms with Crippen molar-refractivity contribution in [3.8, 4) is 22.6 Å². The average molecular weight is 507 g/mol. The van der Waals surface area contributed by atoms with E-state index in [9.17, 15) is 0 Å². The Morgan fingerprint density at radius 2 is 1.71 bits per heavy atom. The molecule has 1 aliphatic heterocycles. The number of anilines is 1. The monoisotopic (exact) mass is 506 g/mol. The summed E-state index contributed by atoms with van der Waals surface area (Å²) < 4.78 is 0. The molecule has 5 aromatic rings. The van der Waals surface area contributed by atoms with Gasteiger partial charge < -0.3 is 15.2 Å². The Bertz CT molecular complexity index is 1560. The first kappa shape index (κ1) is 23.3. The Kier molecular flexibility index (Phi) is 6.25. The van der Waals surface area contributed by atoms with Crippen LogP contribution in [0.2, 0.25) is 0 Å². The molecule has 1 aliphatic carbocycles. The van der Waals surface area contributed by atoms with Gasteiger partial charge in [0, 0.05) is 48.4 Å². The zero-order valence-corrected chi connectivity index (χ0v) is 21.7. The lowest BCUT2D eigenvalue weighted by Gasteiger charge is -2.28. The fourth-order valence-electron chi connectivity index (χ4n) is 6.19. The topological polar surface area (TPSA) is 98.4 Å². The van der Waals surface area contributed by atoms with Crippen LogP contribution in [0.15, 0.2) is 49.2 Å². The molecule has 0 atom stereocenters. The third-order valence-electron chi connectivity index (χ3n) is 8.25. The Morgan fingerprint density at radius 3 is 2.61 bits per heavy atom. The number of aromatic amines is 2. The van der Waals surface area contributed by atoms with Crippen LogP contribution in [0.1, 0.15) is 50.5 Å². The number of aromatic nitrogens is 6. The molecule has 8 heteroatoms. The van der Waals surface area contributed by atoms with E-state index in [-0.39, 0.29) is 0 Å². The number of nitrogens with one attached hydrogen (secondary N) is 3. The molecule has 1 saturated carbocycles. The molecule has 0 unspecified atom stereocenters. The number of rotatable bonds is 7. The minimum absolute atomic E-state index is 0.825. The van der Waals surface area contributed by atoms with Gasteiger partial charge in [-0.1, -0.05) is 12.8 Å². The molecular weight excluding hydrogens is 472 g/mol. The van der Waals surface area contributed by atoms with Gasteiger partial charge in [-0.05, 0) is 68.3 Å². The molecule has 0 bridgehead atoms. The molecule has 7 rings (SSSR count). The largest absolute Gasteiger partial charge is 0.370 e.